The van der Waals surface area contributed by atoms with Gasteiger partial charge in [0.05, 0.1) is 5.56 Å². The number of anilines is 2. The maximum Gasteiger partial charge on any atom is 0.416 e. The summed E-state index contributed by atoms with van der Waals surface area (Å²) in [5.74, 6) is 0.260. The van der Waals surface area contributed by atoms with Crippen molar-refractivity contribution < 1.29 is 13.2 Å². The molecule has 0 aliphatic heterocycles. The van der Waals surface area contributed by atoms with Gasteiger partial charge in [-0.25, -0.2) is 9.97 Å². The maximum atomic E-state index is 13.2. The van der Waals surface area contributed by atoms with E-state index in [1.54, 1.807) is 18.5 Å². The van der Waals surface area contributed by atoms with Crippen LogP contribution in [0.1, 0.15) is 43.5 Å². The van der Waals surface area contributed by atoms with Crippen molar-refractivity contribution in [3.8, 4) is 0 Å². The Morgan fingerprint density at radius 3 is 2.17 bits per heavy atom. The van der Waals surface area contributed by atoms with Crippen molar-refractivity contribution in [3.05, 3.63) is 47.3 Å². The van der Waals surface area contributed by atoms with Gasteiger partial charge in [-0.3, -0.25) is 0 Å². The van der Waals surface area contributed by atoms with Crippen LogP contribution in [-0.4, -0.2) is 16.0 Å². The van der Waals surface area contributed by atoms with Crippen molar-refractivity contribution >= 4 is 11.6 Å². The lowest BCUT2D eigenvalue weighted by Gasteiger charge is -2.20. The topological polar surface area (TPSA) is 49.8 Å². The number of rotatable bonds is 5. The van der Waals surface area contributed by atoms with Crippen LogP contribution in [0.5, 0.6) is 0 Å². The van der Waals surface area contributed by atoms with Gasteiger partial charge in [0.1, 0.15) is 0 Å². The molecule has 24 heavy (non-hydrogen) atoms. The SMILES string of the molecule is Cc1cnc(Nc2cc(C(C)NC(C)C)cc(C(F)(F)F)c2)nc1. The second kappa shape index (κ2) is 7.17. The smallest absolute Gasteiger partial charge is 0.324 e. The zero-order valence-electron chi connectivity index (χ0n) is 14.1. The highest BCUT2D eigenvalue weighted by molar-refractivity contribution is 5.57. The van der Waals surface area contributed by atoms with E-state index in [4.69, 9.17) is 0 Å². The zero-order valence-corrected chi connectivity index (χ0v) is 14.1. The number of nitrogens with one attached hydrogen (secondary N) is 2. The highest BCUT2D eigenvalue weighted by Crippen LogP contribution is 2.34. The van der Waals surface area contributed by atoms with Crippen LogP contribution >= 0.6 is 0 Å². The summed E-state index contributed by atoms with van der Waals surface area (Å²) >= 11 is 0. The predicted octanol–water partition coefficient (Wildman–Crippen LogP) is 4.61. The van der Waals surface area contributed by atoms with Crippen LogP contribution < -0.4 is 10.6 Å². The van der Waals surface area contributed by atoms with Crippen molar-refractivity contribution in [2.24, 2.45) is 0 Å². The number of halogens is 3. The molecule has 2 N–H and O–H groups in total. The van der Waals surface area contributed by atoms with Gasteiger partial charge in [-0.2, -0.15) is 13.2 Å². The van der Waals surface area contributed by atoms with Crippen LogP contribution in [0, 0.1) is 6.92 Å². The van der Waals surface area contributed by atoms with Gasteiger partial charge >= 0.3 is 6.18 Å². The molecule has 0 fully saturated rings. The third-order valence-corrected chi connectivity index (χ3v) is 3.40. The molecule has 1 unspecified atom stereocenters. The molecule has 2 aromatic rings. The van der Waals surface area contributed by atoms with Crippen molar-refractivity contribution in [1.29, 1.82) is 0 Å². The number of hydrogen-bond donors (Lipinski definition) is 2. The molecule has 130 valence electrons. The van der Waals surface area contributed by atoms with E-state index >= 15 is 0 Å². The van der Waals surface area contributed by atoms with Gasteiger partial charge in [0.15, 0.2) is 0 Å². The molecule has 2 rings (SSSR count). The Kier molecular flexibility index (Phi) is 5.43. The first-order valence-electron chi connectivity index (χ1n) is 7.69. The van der Waals surface area contributed by atoms with Crippen LogP contribution in [0.4, 0.5) is 24.8 Å². The summed E-state index contributed by atoms with van der Waals surface area (Å²) < 4.78 is 39.6. The van der Waals surface area contributed by atoms with Gasteiger partial charge in [0.25, 0.3) is 0 Å². The van der Waals surface area contributed by atoms with Gasteiger partial charge in [0, 0.05) is 30.2 Å². The molecule has 1 heterocycles. The third kappa shape index (κ3) is 4.92. The summed E-state index contributed by atoms with van der Waals surface area (Å²) in [5.41, 5.74) is 1.03. The number of alkyl halides is 3. The first kappa shape index (κ1) is 18.2. The van der Waals surface area contributed by atoms with Crippen LogP contribution in [0.15, 0.2) is 30.6 Å². The van der Waals surface area contributed by atoms with Crippen LogP contribution in [0.25, 0.3) is 0 Å². The molecule has 0 spiro atoms. The van der Waals surface area contributed by atoms with Crippen molar-refractivity contribution in [2.45, 2.75) is 46.0 Å². The minimum atomic E-state index is -4.42. The van der Waals surface area contributed by atoms with Crippen molar-refractivity contribution in [2.75, 3.05) is 5.32 Å². The van der Waals surface area contributed by atoms with E-state index in [-0.39, 0.29) is 18.0 Å². The number of benzene rings is 1. The van der Waals surface area contributed by atoms with Crippen LogP contribution in [0.2, 0.25) is 0 Å². The monoisotopic (exact) mass is 338 g/mol. The molecule has 7 heteroatoms. The average Bonchev–Trinajstić information content (AvgIpc) is 2.48. The molecule has 1 aromatic carbocycles. The van der Waals surface area contributed by atoms with E-state index in [9.17, 15) is 13.2 Å². The Labute approximate surface area is 139 Å². The summed E-state index contributed by atoms with van der Waals surface area (Å²) in [6.07, 6.45) is -1.21. The van der Waals surface area contributed by atoms with E-state index in [1.807, 2.05) is 27.7 Å². The first-order valence-corrected chi connectivity index (χ1v) is 7.69. The van der Waals surface area contributed by atoms with E-state index in [2.05, 4.69) is 20.6 Å². The van der Waals surface area contributed by atoms with Gasteiger partial charge in [-0.1, -0.05) is 13.8 Å². The summed E-state index contributed by atoms with van der Waals surface area (Å²) in [4.78, 5) is 8.14. The molecule has 0 aliphatic rings. The van der Waals surface area contributed by atoms with E-state index in [0.29, 0.717) is 11.3 Å². The quantitative estimate of drug-likeness (QED) is 0.836. The largest absolute Gasteiger partial charge is 0.416 e. The molecule has 0 saturated carbocycles. The van der Waals surface area contributed by atoms with Gasteiger partial charge in [-0.15, -0.1) is 0 Å². The summed E-state index contributed by atoms with van der Waals surface area (Å²) in [5, 5.41) is 6.05. The second-order valence-corrected chi connectivity index (χ2v) is 6.09. The highest BCUT2D eigenvalue weighted by atomic mass is 19.4. The Hall–Kier alpha value is -2.15. The fourth-order valence-corrected chi connectivity index (χ4v) is 2.32. The number of aromatic nitrogens is 2. The summed E-state index contributed by atoms with van der Waals surface area (Å²) in [6.45, 7) is 7.57. The van der Waals surface area contributed by atoms with Crippen molar-refractivity contribution in [3.63, 3.8) is 0 Å². The molecular weight excluding hydrogens is 317 g/mol. The van der Waals surface area contributed by atoms with E-state index in [0.717, 1.165) is 11.6 Å². The van der Waals surface area contributed by atoms with Crippen LogP contribution in [0.3, 0.4) is 0 Å². The standard InChI is InChI=1S/C17H21F3N4/c1-10(2)23-12(4)13-5-14(17(18,19)20)7-15(6-13)24-16-21-8-11(3)9-22-16/h5-10,12,23H,1-4H3,(H,21,22,24). The Morgan fingerprint density at radius 1 is 1.00 bits per heavy atom. The van der Waals surface area contributed by atoms with Gasteiger partial charge in [-0.05, 0) is 43.2 Å². The van der Waals surface area contributed by atoms with Gasteiger partial charge in [0.2, 0.25) is 5.95 Å². The maximum absolute atomic E-state index is 13.2. The molecule has 1 atom stereocenters. The fourth-order valence-electron chi connectivity index (χ4n) is 2.32. The minimum Gasteiger partial charge on any atom is -0.324 e. The summed E-state index contributed by atoms with van der Waals surface area (Å²) in [7, 11) is 0. The molecule has 0 saturated heterocycles. The molecule has 0 radical (unpaired) electrons. The fraction of sp³-hybridized carbons (Fsp3) is 0.412. The molecule has 1 aromatic heterocycles. The molecule has 0 aliphatic carbocycles. The lowest BCUT2D eigenvalue weighted by Crippen LogP contribution is -2.26. The Balaban J connectivity index is 2.37. The van der Waals surface area contributed by atoms with Gasteiger partial charge < -0.3 is 10.6 Å². The average molecular weight is 338 g/mol. The highest BCUT2D eigenvalue weighted by Gasteiger charge is 2.31. The first-order chi connectivity index (χ1) is 11.1. The molecule has 0 amide bonds. The lowest BCUT2D eigenvalue weighted by molar-refractivity contribution is -0.137. The molecule has 0 bridgehead atoms. The zero-order chi connectivity index (χ0) is 17.9. The number of aryl methyl sites for hydroxylation is 1. The molecule has 4 nitrogen and oxygen atoms in total. The second-order valence-electron chi connectivity index (χ2n) is 6.09. The van der Waals surface area contributed by atoms with E-state index in [1.165, 1.54) is 6.07 Å². The van der Waals surface area contributed by atoms with Crippen LogP contribution in [-0.2, 0) is 6.18 Å². The third-order valence-electron chi connectivity index (χ3n) is 3.40. The van der Waals surface area contributed by atoms with E-state index < -0.39 is 11.7 Å². The number of hydrogen-bond acceptors (Lipinski definition) is 4. The van der Waals surface area contributed by atoms with Crippen molar-refractivity contribution in [1.82, 2.24) is 15.3 Å². The molecular formula is C17H21F3N4. The number of nitrogens with zero attached hydrogens (tertiary/aromatic N) is 2. The Bertz CT molecular complexity index is 681. The summed E-state index contributed by atoms with van der Waals surface area (Å²) in [6, 6.07) is 3.85. The Morgan fingerprint density at radius 2 is 1.62 bits per heavy atom. The predicted molar refractivity (Wildman–Crippen MR) is 88.2 cm³/mol. The minimum absolute atomic E-state index is 0.159. The lowest BCUT2D eigenvalue weighted by atomic mass is 10.0. The normalized spacial score (nSPS) is 13.2.